The van der Waals surface area contributed by atoms with Crippen molar-refractivity contribution in [2.75, 3.05) is 11.2 Å². The lowest BCUT2D eigenvalue weighted by molar-refractivity contribution is -0.117. The van der Waals surface area contributed by atoms with E-state index in [1.54, 1.807) is 4.90 Å². The molecule has 0 saturated heterocycles. The standard InChI is InChI=1S/C22H20N4O2S/c1-14(13-16-9-5-4-6-10-16)21-26(15(2)27)18-12-8-7-11-17(18)19-20(28-21)23-22(29-3)25-24-19/h4-13,21H,1-3H3/b14-13+/t21-/m0/s1. The van der Waals surface area contributed by atoms with Crippen LogP contribution in [0.5, 0.6) is 5.88 Å². The van der Waals surface area contributed by atoms with Crippen molar-refractivity contribution in [3.05, 3.63) is 65.7 Å². The van der Waals surface area contributed by atoms with Crippen molar-refractivity contribution >= 4 is 29.4 Å². The van der Waals surface area contributed by atoms with Crippen LogP contribution >= 0.6 is 11.8 Å². The lowest BCUT2D eigenvalue weighted by Crippen LogP contribution is -2.43. The highest BCUT2D eigenvalue weighted by Crippen LogP contribution is 2.40. The Morgan fingerprint density at radius 1 is 1.07 bits per heavy atom. The van der Waals surface area contributed by atoms with Gasteiger partial charge in [0.25, 0.3) is 0 Å². The summed E-state index contributed by atoms with van der Waals surface area (Å²) in [5, 5.41) is 9.02. The van der Waals surface area contributed by atoms with Crippen LogP contribution in [0, 0.1) is 0 Å². The number of hydrogen-bond acceptors (Lipinski definition) is 6. The molecule has 0 N–H and O–H groups in total. The van der Waals surface area contributed by atoms with Gasteiger partial charge in [-0.1, -0.05) is 66.4 Å². The zero-order valence-electron chi connectivity index (χ0n) is 16.4. The van der Waals surface area contributed by atoms with Crippen molar-refractivity contribution in [2.45, 2.75) is 25.2 Å². The number of carbonyl (C=O) groups excluding carboxylic acids is 1. The first kappa shape index (κ1) is 19.1. The Kier molecular flexibility index (Phi) is 5.31. The molecule has 1 aliphatic heterocycles. The molecule has 1 aliphatic rings. The fraction of sp³-hybridized carbons (Fsp3) is 0.182. The van der Waals surface area contributed by atoms with Crippen molar-refractivity contribution in [1.82, 2.24) is 15.2 Å². The average Bonchev–Trinajstić information content (AvgIpc) is 2.88. The van der Waals surface area contributed by atoms with Gasteiger partial charge in [0.15, 0.2) is 5.69 Å². The molecule has 0 saturated carbocycles. The molecule has 0 aliphatic carbocycles. The van der Waals surface area contributed by atoms with E-state index in [-0.39, 0.29) is 5.91 Å². The van der Waals surface area contributed by atoms with Gasteiger partial charge in [-0.15, -0.1) is 10.2 Å². The van der Waals surface area contributed by atoms with Crippen LogP contribution in [-0.4, -0.2) is 33.6 Å². The number of ether oxygens (including phenoxy) is 1. The fourth-order valence-corrected chi connectivity index (χ4v) is 3.62. The minimum absolute atomic E-state index is 0.130. The van der Waals surface area contributed by atoms with Crippen LogP contribution < -0.4 is 9.64 Å². The second-order valence-corrected chi connectivity index (χ2v) is 7.40. The zero-order valence-corrected chi connectivity index (χ0v) is 17.2. The highest BCUT2D eigenvalue weighted by Gasteiger charge is 2.34. The molecule has 0 spiro atoms. The fourth-order valence-electron chi connectivity index (χ4n) is 3.32. The Bertz CT molecular complexity index is 1090. The first-order valence-electron chi connectivity index (χ1n) is 9.16. The number of carbonyl (C=O) groups is 1. The summed E-state index contributed by atoms with van der Waals surface area (Å²) < 4.78 is 6.30. The van der Waals surface area contributed by atoms with E-state index >= 15 is 0 Å². The molecule has 146 valence electrons. The molecule has 2 aromatic carbocycles. The molecule has 3 aromatic rings. The number of nitrogens with zero attached hydrogens (tertiary/aromatic N) is 4. The van der Waals surface area contributed by atoms with Gasteiger partial charge in [-0.2, -0.15) is 4.98 Å². The molecule has 0 fully saturated rings. The van der Waals surface area contributed by atoms with Crippen LogP contribution in [0.4, 0.5) is 5.69 Å². The number of anilines is 1. The molecule has 1 atom stereocenters. The van der Waals surface area contributed by atoms with Crippen LogP contribution in [-0.2, 0) is 4.79 Å². The number of fused-ring (bicyclic) bond motifs is 3. The monoisotopic (exact) mass is 404 g/mol. The van der Waals surface area contributed by atoms with E-state index in [1.165, 1.54) is 18.7 Å². The van der Waals surface area contributed by atoms with Crippen LogP contribution in [0.15, 0.2) is 65.3 Å². The van der Waals surface area contributed by atoms with Gasteiger partial charge < -0.3 is 4.74 Å². The summed E-state index contributed by atoms with van der Waals surface area (Å²) in [6, 6.07) is 17.5. The number of rotatable bonds is 3. The van der Waals surface area contributed by atoms with Gasteiger partial charge in [0.2, 0.25) is 23.2 Å². The maximum atomic E-state index is 12.7. The number of para-hydroxylation sites is 1. The average molecular weight is 404 g/mol. The third-order valence-corrected chi connectivity index (χ3v) is 5.16. The van der Waals surface area contributed by atoms with Crippen LogP contribution in [0.3, 0.4) is 0 Å². The summed E-state index contributed by atoms with van der Waals surface area (Å²) >= 11 is 1.39. The van der Waals surface area contributed by atoms with E-state index < -0.39 is 6.23 Å². The second-order valence-electron chi connectivity index (χ2n) is 6.63. The molecule has 1 aromatic heterocycles. The predicted molar refractivity (Wildman–Crippen MR) is 115 cm³/mol. The molecule has 4 rings (SSSR count). The quantitative estimate of drug-likeness (QED) is 0.602. The molecule has 1 amide bonds. The molecule has 7 heteroatoms. The Morgan fingerprint density at radius 3 is 2.52 bits per heavy atom. The number of aromatic nitrogens is 3. The van der Waals surface area contributed by atoms with E-state index in [4.69, 9.17) is 4.74 Å². The molecule has 0 radical (unpaired) electrons. The van der Waals surface area contributed by atoms with E-state index in [9.17, 15) is 4.79 Å². The van der Waals surface area contributed by atoms with E-state index in [0.717, 1.165) is 22.4 Å². The van der Waals surface area contributed by atoms with Crippen LogP contribution in [0.2, 0.25) is 0 Å². The maximum Gasteiger partial charge on any atom is 0.247 e. The van der Waals surface area contributed by atoms with Gasteiger partial charge in [0, 0.05) is 12.5 Å². The SMILES string of the molecule is CSc1nnc2c(n1)O[C@@H](/C(C)=C/c1ccccc1)N(C(C)=O)c1ccccc1-2. The van der Waals surface area contributed by atoms with Gasteiger partial charge in [-0.25, -0.2) is 0 Å². The van der Waals surface area contributed by atoms with Gasteiger partial charge in [-0.05, 0) is 30.4 Å². The van der Waals surface area contributed by atoms with Crippen molar-refractivity contribution < 1.29 is 9.53 Å². The summed E-state index contributed by atoms with van der Waals surface area (Å²) in [6.07, 6.45) is 3.24. The highest BCUT2D eigenvalue weighted by molar-refractivity contribution is 7.98. The largest absolute Gasteiger partial charge is 0.447 e. The maximum absolute atomic E-state index is 12.7. The Hall–Kier alpha value is -3.19. The third kappa shape index (κ3) is 3.73. The topological polar surface area (TPSA) is 68.2 Å². The number of thioether (sulfide) groups is 1. The molecular formula is C22H20N4O2S. The first-order chi connectivity index (χ1) is 14.1. The molecule has 6 nitrogen and oxygen atoms in total. The Balaban J connectivity index is 1.90. The summed E-state index contributed by atoms with van der Waals surface area (Å²) in [6.45, 7) is 3.48. The molecule has 0 unspecified atom stereocenters. The van der Waals surface area contributed by atoms with Crippen LogP contribution in [0.1, 0.15) is 19.4 Å². The smallest absolute Gasteiger partial charge is 0.247 e. The van der Waals surface area contributed by atoms with Crippen LogP contribution in [0.25, 0.3) is 17.3 Å². The molecule has 0 bridgehead atoms. The van der Waals surface area contributed by atoms with Crippen molar-refractivity contribution in [3.63, 3.8) is 0 Å². The lowest BCUT2D eigenvalue weighted by atomic mass is 10.1. The van der Waals surface area contributed by atoms with Gasteiger partial charge in [0.1, 0.15) is 0 Å². The van der Waals surface area contributed by atoms with Crippen molar-refractivity contribution in [3.8, 4) is 17.1 Å². The van der Waals surface area contributed by atoms with Gasteiger partial charge in [0.05, 0.1) is 5.69 Å². The number of hydrogen-bond donors (Lipinski definition) is 0. The minimum atomic E-state index is -0.651. The Morgan fingerprint density at radius 2 is 1.79 bits per heavy atom. The summed E-state index contributed by atoms with van der Waals surface area (Å²) in [7, 11) is 0. The predicted octanol–water partition coefficient (Wildman–Crippen LogP) is 4.44. The highest BCUT2D eigenvalue weighted by atomic mass is 32.2. The number of benzene rings is 2. The second kappa shape index (κ2) is 8.05. The first-order valence-corrected chi connectivity index (χ1v) is 10.4. The Labute approximate surface area is 173 Å². The van der Waals surface area contributed by atoms with E-state index in [1.807, 2.05) is 73.9 Å². The molecular weight excluding hydrogens is 384 g/mol. The van der Waals surface area contributed by atoms with Crippen molar-refractivity contribution in [2.24, 2.45) is 0 Å². The normalized spacial score (nSPS) is 15.8. The van der Waals surface area contributed by atoms with Crippen molar-refractivity contribution in [1.29, 1.82) is 0 Å². The lowest BCUT2D eigenvalue weighted by Gasteiger charge is -2.30. The summed E-state index contributed by atoms with van der Waals surface area (Å²) in [5.74, 6) is 0.237. The third-order valence-electron chi connectivity index (χ3n) is 4.62. The molecule has 2 heterocycles. The molecule has 29 heavy (non-hydrogen) atoms. The number of amides is 1. The van der Waals surface area contributed by atoms with Gasteiger partial charge >= 0.3 is 0 Å². The van der Waals surface area contributed by atoms with E-state index in [0.29, 0.717) is 16.7 Å². The zero-order chi connectivity index (χ0) is 20.4. The van der Waals surface area contributed by atoms with E-state index in [2.05, 4.69) is 15.2 Å². The summed E-state index contributed by atoms with van der Waals surface area (Å²) in [5.41, 5.74) is 3.91. The summed E-state index contributed by atoms with van der Waals surface area (Å²) in [4.78, 5) is 18.9. The minimum Gasteiger partial charge on any atom is -0.447 e. The van der Waals surface area contributed by atoms with Gasteiger partial charge in [-0.3, -0.25) is 9.69 Å².